The van der Waals surface area contributed by atoms with E-state index >= 15 is 0 Å². The van der Waals surface area contributed by atoms with Crippen molar-refractivity contribution in [2.75, 3.05) is 18.4 Å². The molecule has 1 saturated carbocycles. The smallest absolute Gasteiger partial charge is 0.255 e. The van der Waals surface area contributed by atoms with Crippen molar-refractivity contribution >= 4 is 23.3 Å². The molecule has 0 atom stereocenters. The second-order valence-corrected chi connectivity index (χ2v) is 5.21. The van der Waals surface area contributed by atoms with Gasteiger partial charge in [-0.25, -0.2) is 4.98 Å². The Morgan fingerprint density at radius 1 is 1.53 bits per heavy atom. The van der Waals surface area contributed by atoms with E-state index in [0.717, 1.165) is 32.4 Å². The molecule has 1 amide bonds. The van der Waals surface area contributed by atoms with Crippen molar-refractivity contribution in [3.05, 3.63) is 22.8 Å². The molecule has 1 heterocycles. The molecule has 0 saturated heterocycles. The van der Waals surface area contributed by atoms with Crippen LogP contribution in [0.5, 0.6) is 0 Å². The van der Waals surface area contributed by atoms with Crippen LogP contribution in [-0.4, -0.2) is 34.9 Å². The standard InChI is InChI=1S/C14H20ClN3O/c1-3-7-16-13-12(15)8-10(9-17-13)14(19)18(4-2)11-5-6-11/h8-9,11H,3-7H2,1-2H3,(H,16,17). The molecule has 1 aromatic rings. The highest BCUT2D eigenvalue weighted by Gasteiger charge is 2.32. The third-order valence-electron chi connectivity index (χ3n) is 3.22. The van der Waals surface area contributed by atoms with Gasteiger partial charge in [-0.2, -0.15) is 0 Å². The predicted octanol–water partition coefficient (Wildman–Crippen LogP) is 3.18. The topological polar surface area (TPSA) is 45.2 Å². The average molecular weight is 282 g/mol. The summed E-state index contributed by atoms with van der Waals surface area (Å²) in [6.45, 7) is 5.64. The number of nitrogens with one attached hydrogen (secondary N) is 1. The van der Waals surface area contributed by atoms with E-state index in [1.807, 2.05) is 11.8 Å². The lowest BCUT2D eigenvalue weighted by atomic mass is 10.2. The summed E-state index contributed by atoms with van der Waals surface area (Å²) in [4.78, 5) is 18.5. The highest BCUT2D eigenvalue weighted by atomic mass is 35.5. The molecular formula is C14H20ClN3O. The van der Waals surface area contributed by atoms with Crippen LogP contribution in [-0.2, 0) is 0 Å². The number of hydrogen-bond acceptors (Lipinski definition) is 3. The number of carbonyl (C=O) groups excluding carboxylic acids is 1. The molecule has 0 unspecified atom stereocenters. The van der Waals surface area contributed by atoms with Crippen LogP contribution in [0.3, 0.4) is 0 Å². The summed E-state index contributed by atoms with van der Waals surface area (Å²) < 4.78 is 0. The van der Waals surface area contributed by atoms with Gasteiger partial charge in [-0.1, -0.05) is 18.5 Å². The molecule has 0 aromatic carbocycles. The SMILES string of the molecule is CCCNc1ncc(C(=O)N(CC)C2CC2)cc1Cl. The molecule has 1 N–H and O–H groups in total. The Bertz CT molecular complexity index is 460. The van der Waals surface area contributed by atoms with Crippen molar-refractivity contribution in [2.24, 2.45) is 0 Å². The lowest BCUT2D eigenvalue weighted by Crippen LogP contribution is -2.32. The van der Waals surface area contributed by atoms with E-state index in [9.17, 15) is 4.79 Å². The lowest BCUT2D eigenvalue weighted by molar-refractivity contribution is 0.0752. The Morgan fingerprint density at radius 2 is 2.26 bits per heavy atom. The second-order valence-electron chi connectivity index (χ2n) is 4.80. The van der Waals surface area contributed by atoms with Gasteiger partial charge in [-0.15, -0.1) is 0 Å². The van der Waals surface area contributed by atoms with Gasteiger partial charge < -0.3 is 10.2 Å². The number of pyridine rings is 1. The van der Waals surface area contributed by atoms with Gasteiger partial charge in [0.25, 0.3) is 5.91 Å². The number of amides is 1. The van der Waals surface area contributed by atoms with E-state index in [-0.39, 0.29) is 5.91 Å². The summed E-state index contributed by atoms with van der Waals surface area (Å²) in [5.41, 5.74) is 0.570. The first-order chi connectivity index (χ1) is 9.17. The molecule has 0 spiro atoms. The van der Waals surface area contributed by atoms with Crippen molar-refractivity contribution < 1.29 is 4.79 Å². The molecule has 19 heavy (non-hydrogen) atoms. The molecule has 1 aliphatic rings. The van der Waals surface area contributed by atoms with Crippen LogP contribution in [0.2, 0.25) is 5.02 Å². The zero-order valence-corrected chi connectivity index (χ0v) is 12.2. The fourth-order valence-corrected chi connectivity index (χ4v) is 2.28. The highest BCUT2D eigenvalue weighted by molar-refractivity contribution is 6.33. The number of nitrogens with zero attached hydrogens (tertiary/aromatic N) is 2. The summed E-state index contributed by atoms with van der Waals surface area (Å²) in [6.07, 6.45) is 4.83. The van der Waals surface area contributed by atoms with Gasteiger partial charge >= 0.3 is 0 Å². The number of hydrogen-bond donors (Lipinski definition) is 1. The van der Waals surface area contributed by atoms with E-state index < -0.39 is 0 Å². The van der Waals surface area contributed by atoms with Crippen LogP contribution in [0.15, 0.2) is 12.3 Å². The van der Waals surface area contributed by atoms with E-state index in [0.29, 0.717) is 22.4 Å². The van der Waals surface area contributed by atoms with Crippen molar-refractivity contribution in [1.82, 2.24) is 9.88 Å². The van der Waals surface area contributed by atoms with Gasteiger partial charge in [0.2, 0.25) is 0 Å². The fourth-order valence-electron chi connectivity index (χ4n) is 2.05. The largest absolute Gasteiger partial charge is 0.369 e. The van der Waals surface area contributed by atoms with E-state index in [2.05, 4.69) is 17.2 Å². The molecule has 0 aliphatic heterocycles. The maximum atomic E-state index is 12.3. The Balaban J connectivity index is 2.11. The normalized spacial score (nSPS) is 14.3. The third kappa shape index (κ3) is 3.38. The van der Waals surface area contributed by atoms with E-state index in [1.165, 1.54) is 0 Å². The number of rotatable bonds is 6. The molecule has 2 rings (SSSR count). The van der Waals surface area contributed by atoms with Crippen LogP contribution in [0, 0.1) is 0 Å². The average Bonchev–Trinajstić information content (AvgIpc) is 3.22. The van der Waals surface area contributed by atoms with Crippen molar-refractivity contribution in [3.8, 4) is 0 Å². The number of halogens is 1. The van der Waals surface area contributed by atoms with Crippen molar-refractivity contribution in [2.45, 2.75) is 39.2 Å². The summed E-state index contributed by atoms with van der Waals surface area (Å²) in [5, 5.41) is 3.64. The van der Waals surface area contributed by atoms with Crippen LogP contribution in [0.1, 0.15) is 43.5 Å². The van der Waals surface area contributed by atoms with Crippen molar-refractivity contribution in [3.63, 3.8) is 0 Å². The quantitative estimate of drug-likeness (QED) is 0.871. The zero-order chi connectivity index (χ0) is 13.8. The predicted molar refractivity (Wildman–Crippen MR) is 77.8 cm³/mol. The van der Waals surface area contributed by atoms with E-state index in [4.69, 9.17) is 11.6 Å². The maximum Gasteiger partial charge on any atom is 0.255 e. The molecule has 0 radical (unpaired) electrons. The summed E-state index contributed by atoms with van der Waals surface area (Å²) in [6, 6.07) is 2.12. The maximum absolute atomic E-state index is 12.3. The van der Waals surface area contributed by atoms with Crippen LogP contribution in [0.4, 0.5) is 5.82 Å². The van der Waals surface area contributed by atoms with Gasteiger partial charge in [-0.3, -0.25) is 4.79 Å². The fraction of sp³-hybridized carbons (Fsp3) is 0.571. The number of aromatic nitrogens is 1. The Kier molecular flexibility index (Phi) is 4.64. The highest BCUT2D eigenvalue weighted by Crippen LogP contribution is 2.29. The number of anilines is 1. The van der Waals surface area contributed by atoms with Gasteiger partial charge in [0.05, 0.1) is 10.6 Å². The van der Waals surface area contributed by atoms with Gasteiger partial charge in [0.1, 0.15) is 5.82 Å². The lowest BCUT2D eigenvalue weighted by Gasteiger charge is -2.20. The molecule has 1 fully saturated rings. The molecule has 1 aromatic heterocycles. The minimum atomic E-state index is 0.0291. The van der Waals surface area contributed by atoms with Crippen LogP contribution in [0.25, 0.3) is 0 Å². The summed E-state index contributed by atoms with van der Waals surface area (Å²) in [7, 11) is 0. The minimum absolute atomic E-state index is 0.0291. The zero-order valence-electron chi connectivity index (χ0n) is 11.4. The third-order valence-corrected chi connectivity index (χ3v) is 3.51. The Labute approximate surface area is 119 Å². The molecule has 1 aliphatic carbocycles. The minimum Gasteiger partial charge on any atom is -0.369 e. The molecule has 0 bridgehead atoms. The monoisotopic (exact) mass is 281 g/mol. The summed E-state index contributed by atoms with van der Waals surface area (Å²) >= 11 is 6.16. The Morgan fingerprint density at radius 3 is 2.79 bits per heavy atom. The first-order valence-corrected chi connectivity index (χ1v) is 7.25. The van der Waals surface area contributed by atoms with Crippen LogP contribution >= 0.6 is 11.6 Å². The Hall–Kier alpha value is -1.29. The van der Waals surface area contributed by atoms with Crippen LogP contribution < -0.4 is 5.32 Å². The molecule has 5 heteroatoms. The number of carbonyl (C=O) groups is 1. The van der Waals surface area contributed by atoms with Gasteiger partial charge in [-0.05, 0) is 32.3 Å². The molecule has 104 valence electrons. The van der Waals surface area contributed by atoms with Crippen molar-refractivity contribution in [1.29, 1.82) is 0 Å². The van der Waals surface area contributed by atoms with Gasteiger partial charge in [0, 0.05) is 25.3 Å². The molecular weight excluding hydrogens is 262 g/mol. The van der Waals surface area contributed by atoms with Gasteiger partial charge in [0.15, 0.2) is 0 Å². The summed E-state index contributed by atoms with van der Waals surface area (Å²) in [5.74, 6) is 0.677. The molecule has 4 nitrogen and oxygen atoms in total. The first kappa shape index (κ1) is 14.1. The first-order valence-electron chi connectivity index (χ1n) is 6.87. The second kappa shape index (κ2) is 6.24. The van der Waals surface area contributed by atoms with E-state index in [1.54, 1.807) is 12.3 Å².